The molecule has 0 saturated carbocycles. The van der Waals surface area contributed by atoms with Crippen LogP contribution in [0, 0.1) is 0 Å². The Morgan fingerprint density at radius 3 is 2.40 bits per heavy atom. The molecule has 0 bridgehead atoms. The van der Waals surface area contributed by atoms with Crippen molar-refractivity contribution in [1.82, 2.24) is 10.2 Å². The Balaban J connectivity index is 1.47. The Bertz CT molecular complexity index is 704. The van der Waals surface area contributed by atoms with Gasteiger partial charge in [-0.1, -0.05) is 0 Å². The Labute approximate surface area is 146 Å². The SMILES string of the molecule is CC(=O)Nc1ccc(N2CCN(C(=O)NCc3ccco3)CC2)cc1. The fourth-order valence-electron chi connectivity index (χ4n) is 2.81. The van der Waals surface area contributed by atoms with Crippen LogP contribution in [0.5, 0.6) is 0 Å². The summed E-state index contributed by atoms with van der Waals surface area (Å²) >= 11 is 0. The van der Waals surface area contributed by atoms with Gasteiger partial charge in [-0.3, -0.25) is 4.79 Å². The van der Waals surface area contributed by atoms with Gasteiger partial charge < -0.3 is 24.9 Å². The lowest BCUT2D eigenvalue weighted by Crippen LogP contribution is -2.51. The number of anilines is 2. The van der Waals surface area contributed by atoms with Crippen LogP contribution in [-0.2, 0) is 11.3 Å². The van der Waals surface area contributed by atoms with Gasteiger partial charge in [-0.05, 0) is 36.4 Å². The molecule has 7 heteroatoms. The number of piperazine rings is 1. The summed E-state index contributed by atoms with van der Waals surface area (Å²) in [5.74, 6) is 0.660. The molecule has 132 valence electrons. The molecule has 1 fully saturated rings. The van der Waals surface area contributed by atoms with Crippen LogP contribution in [0.1, 0.15) is 12.7 Å². The Hall–Kier alpha value is -2.96. The van der Waals surface area contributed by atoms with Gasteiger partial charge in [0, 0.05) is 44.5 Å². The molecule has 0 unspecified atom stereocenters. The standard InChI is InChI=1S/C18H22N4O3/c1-14(23)20-15-4-6-16(7-5-15)21-8-10-22(11-9-21)18(24)19-13-17-3-2-12-25-17/h2-7,12H,8-11,13H2,1H3,(H,19,24)(H,20,23). The lowest BCUT2D eigenvalue weighted by molar-refractivity contribution is -0.114. The fraction of sp³-hybridized carbons (Fsp3) is 0.333. The number of hydrogen-bond donors (Lipinski definition) is 2. The second kappa shape index (κ2) is 7.74. The molecule has 0 radical (unpaired) electrons. The minimum atomic E-state index is -0.0816. The van der Waals surface area contributed by atoms with Crippen molar-refractivity contribution in [2.24, 2.45) is 0 Å². The molecule has 1 aromatic heterocycles. The second-order valence-corrected chi connectivity index (χ2v) is 5.94. The van der Waals surface area contributed by atoms with Crippen LogP contribution in [0.4, 0.5) is 16.2 Å². The molecule has 1 aliphatic heterocycles. The van der Waals surface area contributed by atoms with E-state index in [0.717, 1.165) is 30.2 Å². The topological polar surface area (TPSA) is 77.8 Å². The average Bonchev–Trinajstić information content (AvgIpc) is 3.13. The third kappa shape index (κ3) is 4.53. The summed E-state index contributed by atoms with van der Waals surface area (Å²) in [6.45, 7) is 4.76. The molecular formula is C18H22N4O3. The average molecular weight is 342 g/mol. The maximum absolute atomic E-state index is 12.2. The van der Waals surface area contributed by atoms with Gasteiger partial charge in [0.25, 0.3) is 0 Å². The van der Waals surface area contributed by atoms with Gasteiger partial charge in [0.1, 0.15) is 5.76 Å². The predicted molar refractivity (Wildman–Crippen MR) is 95.5 cm³/mol. The first kappa shape index (κ1) is 16.9. The number of hydrogen-bond acceptors (Lipinski definition) is 4. The first-order valence-corrected chi connectivity index (χ1v) is 8.29. The van der Waals surface area contributed by atoms with Crippen LogP contribution in [0.15, 0.2) is 47.1 Å². The number of urea groups is 1. The monoisotopic (exact) mass is 342 g/mol. The van der Waals surface area contributed by atoms with Crippen LogP contribution in [0.25, 0.3) is 0 Å². The Kier molecular flexibility index (Phi) is 5.23. The molecular weight excluding hydrogens is 320 g/mol. The molecule has 1 saturated heterocycles. The molecule has 1 aliphatic rings. The van der Waals surface area contributed by atoms with Crippen molar-refractivity contribution < 1.29 is 14.0 Å². The van der Waals surface area contributed by atoms with Crippen molar-refractivity contribution in [2.45, 2.75) is 13.5 Å². The Morgan fingerprint density at radius 1 is 1.08 bits per heavy atom. The highest BCUT2D eigenvalue weighted by molar-refractivity contribution is 5.88. The second-order valence-electron chi connectivity index (χ2n) is 5.94. The summed E-state index contributed by atoms with van der Waals surface area (Å²) in [6, 6.07) is 11.3. The number of amides is 3. The number of rotatable bonds is 4. The smallest absolute Gasteiger partial charge is 0.317 e. The highest BCUT2D eigenvalue weighted by Gasteiger charge is 2.21. The van der Waals surface area contributed by atoms with E-state index in [1.807, 2.05) is 35.2 Å². The van der Waals surface area contributed by atoms with Gasteiger partial charge >= 0.3 is 6.03 Å². The van der Waals surface area contributed by atoms with E-state index in [1.54, 1.807) is 12.3 Å². The van der Waals surface area contributed by atoms with E-state index in [-0.39, 0.29) is 11.9 Å². The van der Waals surface area contributed by atoms with Gasteiger partial charge in [0.2, 0.25) is 5.91 Å². The normalized spacial score (nSPS) is 14.3. The molecule has 25 heavy (non-hydrogen) atoms. The summed E-state index contributed by atoms with van der Waals surface area (Å²) in [5.41, 5.74) is 1.87. The molecule has 0 spiro atoms. The first-order chi connectivity index (χ1) is 12.1. The minimum absolute atomic E-state index is 0.0722. The molecule has 1 aromatic carbocycles. The number of carbonyl (C=O) groups is 2. The molecule has 0 atom stereocenters. The van der Waals surface area contributed by atoms with Gasteiger partial charge in [0.05, 0.1) is 12.8 Å². The maximum atomic E-state index is 12.2. The molecule has 0 aliphatic carbocycles. The van der Waals surface area contributed by atoms with Crippen molar-refractivity contribution in [2.75, 3.05) is 36.4 Å². The third-order valence-corrected chi connectivity index (χ3v) is 4.11. The number of benzene rings is 1. The number of nitrogens with one attached hydrogen (secondary N) is 2. The van der Waals surface area contributed by atoms with Crippen LogP contribution in [0.2, 0.25) is 0 Å². The molecule has 2 N–H and O–H groups in total. The van der Waals surface area contributed by atoms with Crippen molar-refractivity contribution in [3.05, 3.63) is 48.4 Å². The largest absolute Gasteiger partial charge is 0.467 e. The van der Waals surface area contributed by atoms with Crippen molar-refractivity contribution in [3.63, 3.8) is 0 Å². The lowest BCUT2D eigenvalue weighted by atomic mass is 10.2. The highest BCUT2D eigenvalue weighted by atomic mass is 16.3. The summed E-state index contributed by atoms with van der Waals surface area (Å²) in [5, 5.41) is 5.63. The van der Waals surface area contributed by atoms with E-state index in [4.69, 9.17) is 4.42 Å². The van der Waals surface area contributed by atoms with E-state index in [1.165, 1.54) is 6.92 Å². The van der Waals surface area contributed by atoms with Gasteiger partial charge in [0.15, 0.2) is 0 Å². The first-order valence-electron chi connectivity index (χ1n) is 8.29. The van der Waals surface area contributed by atoms with Crippen LogP contribution < -0.4 is 15.5 Å². The van der Waals surface area contributed by atoms with Gasteiger partial charge in [-0.25, -0.2) is 4.79 Å². The van der Waals surface area contributed by atoms with Crippen molar-refractivity contribution in [3.8, 4) is 0 Å². The molecule has 7 nitrogen and oxygen atoms in total. The van der Waals surface area contributed by atoms with E-state index in [9.17, 15) is 9.59 Å². The van der Waals surface area contributed by atoms with Gasteiger partial charge in [-0.2, -0.15) is 0 Å². The van der Waals surface area contributed by atoms with E-state index in [0.29, 0.717) is 19.6 Å². The molecule has 3 amide bonds. The zero-order chi connectivity index (χ0) is 17.6. The van der Waals surface area contributed by atoms with Crippen LogP contribution in [-0.4, -0.2) is 43.0 Å². The molecule has 3 rings (SSSR count). The van der Waals surface area contributed by atoms with E-state index < -0.39 is 0 Å². The van der Waals surface area contributed by atoms with Crippen molar-refractivity contribution >= 4 is 23.3 Å². The maximum Gasteiger partial charge on any atom is 0.317 e. The number of nitrogens with zero attached hydrogens (tertiary/aromatic N) is 2. The summed E-state index contributed by atoms with van der Waals surface area (Å²) in [7, 11) is 0. The summed E-state index contributed by atoms with van der Waals surface area (Å²) in [4.78, 5) is 27.3. The highest BCUT2D eigenvalue weighted by Crippen LogP contribution is 2.19. The predicted octanol–water partition coefficient (Wildman–Crippen LogP) is 2.27. The van der Waals surface area contributed by atoms with Crippen LogP contribution in [0.3, 0.4) is 0 Å². The minimum Gasteiger partial charge on any atom is -0.467 e. The lowest BCUT2D eigenvalue weighted by Gasteiger charge is -2.36. The zero-order valence-corrected chi connectivity index (χ0v) is 14.2. The quantitative estimate of drug-likeness (QED) is 0.893. The van der Waals surface area contributed by atoms with Crippen LogP contribution >= 0.6 is 0 Å². The van der Waals surface area contributed by atoms with Crippen molar-refractivity contribution in [1.29, 1.82) is 0 Å². The summed E-state index contributed by atoms with van der Waals surface area (Å²) in [6.07, 6.45) is 1.59. The van der Waals surface area contributed by atoms with E-state index >= 15 is 0 Å². The van der Waals surface area contributed by atoms with E-state index in [2.05, 4.69) is 15.5 Å². The molecule has 2 heterocycles. The number of carbonyl (C=O) groups excluding carboxylic acids is 2. The fourth-order valence-corrected chi connectivity index (χ4v) is 2.81. The summed E-state index contributed by atoms with van der Waals surface area (Å²) < 4.78 is 5.21. The third-order valence-electron chi connectivity index (χ3n) is 4.11. The van der Waals surface area contributed by atoms with Gasteiger partial charge in [-0.15, -0.1) is 0 Å². The number of furan rings is 1. The zero-order valence-electron chi connectivity index (χ0n) is 14.2. The molecule has 2 aromatic rings. The Morgan fingerprint density at radius 2 is 1.80 bits per heavy atom.